The molecule has 0 saturated heterocycles. The molecule has 20 heavy (non-hydrogen) atoms. The third-order valence-electron chi connectivity index (χ3n) is 4.08. The van der Waals surface area contributed by atoms with Crippen molar-refractivity contribution in [1.82, 2.24) is 0 Å². The Bertz CT molecular complexity index is 644. The molecule has 0 bridgehead atoms. The van der Waals surface area contributed by atoms with Crippen LogP contribution in [0.5, 0.6) is 5.75 Å². The van der Waals surface area contributed by atoms with E-state index >= 15 is 0 Å². The highest BCUT2D eigenvalue weighted by atomic mass is 16.5. The zero-order valence-corrected chi connectivity index (χ0v) is 11.4. The largest absolute Gasteiger partial charge is 0.487 e. The molecule has 1 aromatic carbocycles. The molecule has 0 aromatic heterocycles. The van der Waals surface area contributed by atoms with E-state index in [1.807, 2.05) is 19.1 Å². The van der Waals surface area contributed by atoms with Gasteiger partial charge < -0.3 is 9.47 Å². The van der Waals surface area contributed by atoms with Crippen molar-refractivity contribution in [3.63, 3.8) is 0 Å². The first-order chi connectivity index (χ1) is 9.63. The predicted molar refractivity (Wildman–Crippen MR) is 72.5 cm³/mol. The Kier molecular flexibility index (Phi) is 2.88. The molecule has 1 heterocycles. The molecule has 3 atom stereocenters. The van der Waals surface area contributed by atoms with Gasteiger partial charge in [-0.3, -0.25) is 4.79 Å². The molecule has 0 radical (unpaired) electrons. The average Bonchev–Trinajstić information content (AvgIpc) is 2.47. The summed E-state index contributed by atoms with van der Waals surface area (Å²) in [5, 5.41) is 9.68. The number of Topliss-reactive ketones (excluding diaryl/α,β-unsaturated/α-hetero) is 1. The van der Waals surface area contributed by atoms with E-state index in [0.29, 0.717) is 17.7 Å². The Morgan fingerprint density at radius 1 is 1.50 bits per heavy atom. The van der Waals surface area contributed by atoms with Crippen molar-refractivity contribution in [2.75, 3.05) is 7.11 Å². The highest BCUT2D eigenvalue weighted by Gasteiger charge is 2.57. The maximum atomic E-state index is 12.9. The Morgan fingerprint density at radius 3 is 3.00 bits per heavy atom. The van der Waals surface area contributed by atoms with Gasteiger partial charge in [0.15, 0.2) is 11.2 Å². The molecule has 102 valence electrons. The summed E-state index contributed by atoms with van der Waals surface area (Å²) in [7, 11) is 1.51. The molecule has 4 nitrogen and oxygen atoms in total. The second kappa shape index (κ2) is 4.46. The standard InChI is InChI=1S/C16H15NO3/c1-10-6-7-12-11(8-10)15(18)16(9-17)13(19-2)4-3-5-14(16)20-12/h3-4,6-8,13-14H,5H2,1-2H3/t13-,14+,16-/m1/s1. The second-order valence-corrected chi connectivity index (χ2v) is 5.24. The van der Waals surface area contributed by atoms with E-state index in [1.54, 1.807) is 18.2 Å². The van der Waals surface area contributed by atoms with Gasteiger partial charge in [-0.2, -0.15) is 5.26 Å². The first kappa shape index (κ1) is 12.9. The number of carbonyl (C=O) groups is 1. The van der Waals surface area contributed by atoms with Gasteiger partial charge in [-0.15, -0.1) is 0 Å². The fourth-order valence-corrected chi connectivity index (χ4v) is 3.01. The van der Waals surface area contributed by atoms with Crippen molar-refractivity contribution in [3.8, 4) is 11.8 Å². The van der Waals surface area contributed by atoms with Gasteiger partial charge in [0, 0.05) is 13.5 Å². The van der Waals surface area contributed by atoms with E-state index in [9.17, 15) is 10.1 Å². The molecule has 0 N–H and O–H groups in total. The quantitative estimate of drug-likeness (QED) is 0.735. The number of rotatable bonds is 1. The van der Waals surface area contributed by atoms with Crippen molar-refractivity contribution >= 4 is 5.78 Å². The van der Waals surface area contributed by atoms with Crippen molar-refractivity contribution in [2.24, 2.45) is 5.41 Å². The van der Waals surface area contributed by atoms with E-state index < -0.39 is 17.6 Å². The number of carbonyl (C=O) groups excluding carboxylic acids is 1. The lowest BCUT2D eigenvalue weighted by Crippen LogP contribution is -2.56. The van der Waals surface area contributed by atoms with Gasteiger partial charge in [-0.1, -0.05) is 23.8 Å². The summed E-state index contributed by atoms with van der Waals surface area (Å²) >= 11 is 0. The second-order valence-electron chi connectivity index (χ2n) is 5.24. The number of ether oxygens (including phenoxy) is 2. The van der Waals surface area contributed by atoms with E-state index in [2.05, 4.69) is 6.07 Å². The minimum atomic E-state index is -1.29. The molecular formula is C16H15NO3. The summed E-state index contributed by atoms with van der Waals surface area (Å²) in [5.41, 5.74) is 0.150. The van der Waals surface area contributed by atoms with Crippen LogP contribution >= 0.6 is 0 Å². The van der Waals surface area contributed by atoms with Crippen LogP contribution in [-0.2, 0) is 4.74 Å². The zero-order chi connectivity index (χ0) is 14.3. The highest BCUT2D eigenvalue weighted by Crippen LogP contribution is 2.45. The number of hydrogen-bond donors (Lipinski definition) is 0. The summed E-state index contributed by atoms with van der Waals surface area (Å²) in [5.74, 6) is 0.354. The van der Waals surface area contributed by atoms with Crippen LogP contribution in [0.25, 0.3) is 0 Å². The summed E-state index contributed by atoms with van der Waals surface area (Å²) in [6.07, 6.45) is 3.15. The lowest BCUT2D eigenvalue weighted by molar-refractivity contribution is -0.0211. The van der Waals surface area contributed by atoms with Gasteiger partial charge in [-0.25, -0.2) is 0 Å². The van der Waals surface area contributed by atoms with Crippen LogP contribution in [0.3, 0.4) is 0 Å². The van der Waals surface area contributed by atoms with Gasteiger partial charge in [0.05, 0.1) is 11.6 Å². The third kappa shape index (κ3) is 1.53. The molecule has 0 amide bonds. The number of fused-ring (bicyclic) bond motifs is 2. The SMILES string of the molecule is CO[C@@H]1C=CC[C@@H]2Oc3ccc(C)cc3C(=O)[C@@]21C#N. The predicted octanol–water partition coefficient (Wildman–Crippen LogP) is 2.42. The molecule has 4 heteroatoms. The molecule has 1 aromatic rings. The average molecular weight is 269 g/mol. The molecular weight excluding hydrogens is 254 g/mol. The summed E-state index contributed by atoms with van der Waals surface area (Å²) in [6, 6.07) is 7.65. The topological polar surface area (TPSA) is 59.3 Å². The molecule has 2 aliphatic rings. The van der Waals surface area contributed by atoms with Crippen LogP contribution in [0.2, 0.25) is 0 Å². The first-order valence-corrected chi connectivity index (χ1v) is 6.56. The third-order valence-corrected chi connectivity index (χ3v) is 4.08. The molecule has 0 spiro atoms. The Hall–Kier alpha value is -2.12. The van der Waals surface area contributed by atoms with E-state index in [1.165, 1.54) is 7.11 Å². The maximum absolute atomic E-state index is 12.9. The van der Waals surface area contributed by atoms with Crippen LogP contribution in [0, 0.1) is 23.7 Å². The number of benzene rings is 1. The van der Waals surface area contributed by atoms with Crippen molar-refractivity contribution in [1.29, 1.82) is 5.26 Å². The van der Waals surface area contributed by atoms with E-state index in [0.717, 1.165) is 5.56 Å². The van der Waals surface area contributed by atoms with E-state index in [4.69, 9.17) is 9.47 Å². The van der Waals surface area contributed by atoms with Crippen molar-refractivity contribution in [2.45, 2.75) is 25.6 Å². The van der Waals surface area contributed by atoms with Crippen LogP contribution in [0.1, 0.15) is 22.3 Å². The number of aryl methyl sites for hydroxylation is 1. The lowest BCUT2D eigenvalue weighted by Gasteiger charge is -2.43. The summed E-state index contributed by atoms with van der Waals surface area (Å²) in [4.78, 5) is 12.9. The fraction of sp³-hybridized carbons (Fsp3) is 0.375. The minimum Gasteiger partial charge on any atom is -0.487 e. The Labute approximate surface area is 117 Å². The monoisotopic (exact) mass is 269 g/mol. The van der Waals surface area contributed by atoms with Crippen LogP contribution in [0.15, 0.2) is 30.4 Å². The van der Waals surface area contributed by atoms with Crippen LogP contribution in [0.4, 0.5) is 0 Å². The number of nitriles is 1. The summed E-state index contributed by atoms with van der Waals surface area (Å²) < 4.78 is 11.3. The highest BCUT2D eigenvalue weighted by molar-refractivity contribution is 6.06. The number of hydrogen-bond acceptors (Lipinski definition) is 4. The molecule has 1 aliphatic heterocycles. The first-order valence-electron chi connectivity index (χ1n) is 6.56. The molecule has 0 unspecified atom stereocenters. The molecule has 0 fully saturated rings. The minimum absolute atomic E-state index is 0.203. The Morgan fingerprint density at radius 2 is 2.30 bits per heavy atom. The summed E-state index contributed by atoms with van der Waals surface area (Å²) in [6.45, 7) is 1.91. The molecule has 1 aliphatic carbocycles. The van der Waals surface area contributed by atoms with Gasteiger partial charge in [0.25, 0.3) is 0 Å². The lowest BCUT2D eigenvalue weighted by atomic mass is 9.67. The number of ketones is 1. The van der Waals surface area contributed by atoms with Crippen LogP contribution in [-0.4, -0.2) is 25.1 Å². The zero-order valence-electron chi connectivity index (χ0n) is 11.4. The fourth-order valence-electron chi connectivity index (χ4n) is 3.01. The van der Waals surface area contributed by atoms with Gasteiger partial charge in [0.1, 0.15) is 18.0 Å². The number of nitrogens with zero attached hydrogens (tertiary/aromatic N) is 1. The molecule has 3 rings (SSSR count). The van der Waals surface area contributed by atoms with Crippen molar-refractivity contribution in [3.05, 3.63) is 41.5 Å². The number of methoxy groups -OCH3 is 1. The van der Waals surface area contributed by atoms with E-state index in [-0.39, 0.29) is 5.78 Å². The van der Waals surface area contributed by atoms with Crippen LogP contribution < -0.4 is 4.74 Å². The van der Waals surface area contributed by atoms with Gasteiger partial charge in [0.2, 0.25) is 0 Å². The van der Waals surface area contributed by atoms with Gasteiger partial charge in [-0.05, 0) is 19.1 Å². The van der Waals surface area contributed by atoms with Crippen molar-refractivity contribution < 1.29 is 14.3 Å². The molecule has 0 saturated carbocycles. The Balaban J connectivity index is 2.20. The normalized spacial score (nSPS) is 30.9. The van der Waals surface area contributed by atoms with Gasteiger partial charge >= 0.3 is 0 Å². The maximum Gasteiger partial charge on any atom is 0.193 e. The smallest absolute Gasteiger partial charge is 0.193 e.